The van der Waals surface area contributed by atoms with Crippen molar-refractivity contribution < 1.29 is 8.42 Å². The van der Waals surface area contributed by atoms with Gasteiger partial charge in [0.1, 0.15) is 4.90 Å². The summed E-state index contributed by atoms with van der Waals surface area (Å²) in [5.74, 6) is 5.30. The monoisotopic (exact) mass is 367 g/mol. The number of sulfonamides is 1. The molecule has 1 aromatic carbocycles. The van der Waals surface area contributed by atoms with E-state index in [0.717, 1.165) is 0 Å². The molecule has 0 bridgehead atoms. The number of rotatable bonds is 4. The molecule has 2 rings (SSSR count). The Morgan fingerprint density at radius 3 is 2.71 bits per heavy atom. The van der Waals surface area contributed by atoms with E-state index in [1.54, 1.807) is 0 Å². The summed E-state index contributed by atoms with van der Waals surface area (Å²) >= 11 is 3.21. The second-order valence-electron chi connectivity index (χ2n) is 3.91. The van der Waals surface area contributed by atoms with Gasteiger partial charge in [-0.25, -0.2) is 19.2 Å². The molecule has 0 saturated carbocycles. The number of nitrogen functional groups attached to an aromatic ring is 1. The number of hydrogen-bond acceptors (Lipinski definition) is 6. The smallest absolute Gasteiger partial charge is 0.265 e. The molecule has 0 radical (unpaired) electrons. The summed E-state index contributed by atoms with van der Waals surface area (Å²) in [5, 5.41) is 8.79. The SMILES string of the molecule is N#Cc1ccc(NS(=O)(=O)c2cccnc2NN)c(Br)c1. The maximum atomic E-state index is 12.4. The molecule has 0 spiro atoms. The second kappa shape index (κ2) is 6.09. The van der Waals surface area contributed by atoms with Crippen LogP contribution in [0.2, 0.25) is 0 Å². The summed E-state index contributed by atoms with van der Waals surface area (Å²) in [5.41, 5.74) is 2.95. The molecule has 1 aromatic heterocycles. The highest BCUT2D eigenvalue weighted by atomic mass is 79.9. The molecule has 1 heterocycles. The number of benzene rings is 1. The topological polar surface area (TPSA) is 121 Å². The average Bonchev–Trinajstić information content (AvgIpc) is 2.49. The Morgan fingerprint density at radius 1 is 1.33 bits per heavy atom. The molecule has 0 aliphatic rings. The third-order valence-corrected chi connectivity index (χ3v) is 4.59. The van der Waals surface area contributed by atoms with E-state index < -0.39 is 10.0 Å². The predicted octanol–water partition coefficient (Wildman–Crippen LogP) is 1.80. The van der Waals surface area contributed by atoms with Crippen molar-refractivity contribution in [3.8, 4) is 6.07 Å². The summed E-state index contributed by atoms with van der Waals surface area (Å²) in [6, 6.07) is 9.35. The number of hydrogen-bond donors (Lipinski definition) is 3. The van der Waals surface area contributed by atoms with E-state index in [2.05, 4.69) is 31.1 Å². The first-order valence-electron chi connectivity index (χ1n) is 5.62. The summed E-state index contributed by atoms with van der Waals surface area (Å²) in [7, 11) is -3.87. The van der Waals surface area contributed by atoms with Gasteiger partial charge in [-0.3, -0.25) is 4.72 Å². The number of pyridine rings is 1. The van der Waals surface area contributed by atoms with Crippen LogP contribution in [0, 0.1) is 11.3 Å². The molecular weight excluding hydrogens is 358 g/mol. The van der Waals surface area contributed by atoms with E-state index >= 15 is 0 Å². The van der Waals surface area contributed by atoms with Gasteiger partial charge in [0, 0.05) is 10.7 Å². The molecule has 0 atom stereocenters. The Hall–Kier alpha value is -2.15. The maximum absolute atomic E-state index is 12.4. The Labute approximate surface area is 130 Å². The van der Waals surface area contributed by atoms with Crippen molar-refractivity contribution in [2.45, 2.75) is 4.90 Å². The van der Waals surface area contributed by atoms with E-state index in [9.17, 15) is 8.42 Å². The summed E-state index contributed by atoms with van der Waals surface area (Å²) < 4.78 is 27.6. The van der Waals surface area contributed by atoms with Crippen molar-refractivity contribution in [1.29, 1.82) is 5.26 Å². The molecule has 21 heavy (non-hydrogen) atoms. The Morgan fingerprint density at radius 2 is 2.10 bits per heavy atom. The number of nitriles is 1. The molecular formula is C12H10BrN5O2S. The third kappa shape index (κ3) is 3.30. The lowest BCUT2D eigenvalue weighted by atomic mass is 10.2. The van der Waals surface area contributed by atoms with Gasteiger partial charge in [0.15, 0.2) is 5.82 Å². The number of anilines is 2. The minimum atomic E-state index is -3.87. The van der Waals surface area contributed by atoms with Crippen LogP contribution in [0.5, 0.6) is 0 Å². The van der Waals surface area contributed by atoms with Crippen LogP contribution in [-0.4, -0.2) is 13.4 Å². The normalized spacial score (nSPS) is 10.7. The molecule has 9 heteroatoms. The molecule has 0 aliphatic heterocycles. The van der Waals surface area contributed by atoms with Gasteiger partial charge in [0.2, 0.25) is 0 Å². The van der Waals surface area contributed by atoms with Gasteiger partial charge < -0.3 is 5.43 Å². The minimum Gasteiger partial charge on any atom is -0.307 e. The van der Waals surface area contributed by atoms with Gasteiger partial charge in [-0.15, -0.1) is 0 Å². The van der Waals surface area contributed by atoms with Crippen molar-refractivity contribution in [3.05, 3.63) is 46.6 Å². The highest BCUT2D eigenvalue weighted by molar-refractivity contribution is 9.10. The van der Waals surface area contributed by atoms with Crippen LogP contribution in [0.1, 0.15) is 5.56 Å². The lowest BCUT2D eigenvalue weighted by Gasteiger charge is -2.12. The number of aromatic nitrogens is 1. The first-order valence-corrected chi connectivity index (χ1v) is 7.89. The number of nitrogens with zero attached hydrogens (tertiary/aromatic N) is 2. The molecule has 7 nitrogen and oxygen atoms in total. The highest BCUT2D eigenvalue weighted by Crippen LogP contribution is 2.27. The lowest BCUT2D eigenvalue weighted by Crippen LogP contribution is -2.18. The van der Waals surface area contributed by atoms with Crippen LogP contribution in [0.25, 0.3) is 0 Å². The standard InChI is InChI=1S/C12H10BrN5O2S/c13-9-6-8(7-14)3-4-10(9)18-21(19,20)11-2-1-5-16-12(11)17-15/h1-6,18H,15H2,(H,16,17). The summed E-state index contributed by atoms with van der Waals surface area (Å²) in [6.45, 7) is 0. The van der Waals surface area contributed by atoms with E-state index in [4.69, 9.17) is 11.1 Å². The van der Waals surface area contributed by atoms with Gasteiger partial charge in [-0.05, 0) is 46.3 Å². The van der Waals surface area contributed by atoms with Gasteiger partial charge >= 0.3 is 0 Å². The van der Waals surface area contributed by atoms with Crippen molar-refractivity contribution in [2.24, 2.45) is 5.84 Å². The Balaban J connectivity index is 2.41. The van der Waals surface area contributed by atoms with Gasteiger partial charge in [0.25, 0.3) is 10.0 Å². The fraction of sp³-hybridized carbons (Fsp3) is 0. The maximum Gasteiger partial charge on any atom is 0.265 e. The zero-order valence-electron chi connectivity index (χ0n) is 10.5. The largest absolute Gasteiger partial charge is 0.307 e. The molecule has 0 unspecified atom stereocenters. The highest BCUT2D eigenvalue weighted by Gasteiger charge is 2.20. The van der Waals surface area contributed by atoms with Crippen LogP contribution in [0.3, 0.4) is 0 Å². The van der Waals surface area contributed by atoms with E-state index in [0.29, 0.717) is 15.7 Å². The van der Waals surface area contributed by atoms with E-state index in [1.807, 2.05) is 6.07 Å². The quantitative estimate of drug-likeness (QED) is 0.559. The summed E-state index contributed by atoms with van der Waals surface area (Å²) in [4.78, 5) is 3.76. The lowest BCUT2D eigenvalue weighted by molar-refractivity contribution is 0.601. The van der Waals surface area contributed by atoms with Gasteiger partial charge in [0.05, 0.1) is 17.3 Å². The molecule has 108 valence electrons. The molecule has 0 fully saturated rings. The van der Waals surface area contributed by atoms with Crippen LogP contribution in [-0.2, 0) is 10.0 Å². The molecule has 4 N–H and O–H groups in total. The number of nitrogens with one attached hydrogen (secondary N) is 2. The van der Waals surface area contributed by atoms with Crippen molar-refractivity contribution in [3.63, 3.8) is 0 Å². The van der Waals surface area contributed by atoms with Crippen molar-refractivity contribution in [1.82, 2.24) is 4.98 Å². The molecule has 0 amide bonds. The molecule has 0 aliphatic carbocycles. The molecule has 0 saturated heterocycles. The fourth-order valence-corrected chi connectivity index (χ4v) is 3.39. The number of halogens is 1. The Bertz CT molecular complexity index is 817. The van der Waals surface area contributed by atoms with Crippen molar-refractivity contribution in [2.75, 3.05) is 10.1 Å². The van der Waals surface area contributed by atoms with Gasteiger partial charge in [-0.2, -0.15) is 5.26 Å². The van der Waals surface area contributed by atoms with Crippen LogP contribution in [0.4, 0.5) is 11.5 Å². The average molecular weight is 368 g/mol. The zero-order chi connectivity index (χ0) is 15.5. The van der Waals surface area contributed by atoms with Crippen LogP contribution < -0.4 is 16.0 Å². The van der Waals surface area contributed by atoms with Crippen molar-refractivity contribution >= 4 is 37.5 Å². The first kappa shape index (κ1) is 15.2. The van der Waals surface area contributed by atoms with Crippen LogP contribution in [0.15, 0.2) is 45.9 Å². The first-order chi connectivity index (χ1) is 9.97. The third-order valence-electron chi connectivity index (χ3n) is 2.54. The Kier molecular flexibility index (Phi) is 4.42. The summed E-state index contributed by atoms with van der Waals surface area (Å²) in [6.07, 6.45) is 1.42. The predicted molar refractivity (Wildman–Crippen MR) is 81.7 cm³/mol. The number of hydrazine groups is 1. The van der Waals surface area contributed by atoms with E-state index in [-0.39, 0.29) is 10.7 Å². The minimum absolute atomic E-state index is 0.0368. The van der Waals surface area contributed by atoms with Gasteiger partial charge in [-0.1, -0.05) is 0 Å². The second-order valence-corrected chi connectivity index (χ2v) is 6.41. The van der Waals surface area contributed by atoms with Crippen LogP contribution >= 0.6 is 15.9 Å². The van der Waals surface area contributed by atoms with E-state index in [1.165, 1.54) is 36.5 Å². The number of nitrogens with two attached hydrogens (primary N) is 1. The molecule has 2 aromatic rings. The fourth-order valence-electron chi connectivity index (χ4n) is 1.58. The zero-order valence-corrected chi connectivity index (χ0v) is 12.9.